The van der Waals surface area contributed by atoms with E-state index in [0.717, 1.165) is 14.0 Å². The topological polar surface area (TPSA) is 9.23 Å². The second-order valence-electron chi connectivity index (χ2n) is 4.77. The van der Waals surface area contributed by atoms with Crippen molar-refractivity contribution in [3.63, 3.8) is 0 Å². The highest BCUT2D eigenvalue weighted by molar-refractivity contribution is 5.23. The lowest BCUT2D eigenvalue weighted by Crippen LogP contribution is -2.56. The fraction of sp³-hybridized carbons (Fsp3) is 0.538. The van der Waals surface area contributed by atoms with Crippen molar-refractivity contribution in [2.24, 2.45) is 0 Å². The Morgan fingerprint density at radius 2 is 1.29 bits per heavy atom. The molecule has 21 heavy (non-hydrogen) atoms. The molecule has 0 spiro atoms. The summed E-state index contributed by atoms with van der Waals surface area (Å²) in [6.07, 6.45) is -14.1. The van der Waals surface area contributed by atoms with Crippen LogP contribution >= 0.6 is 0 Å². The van der Waals surface area contributed by atoms with Gasteiger partial charge >= 0.3 is 18.0 Å². The van der Waals surface area contributed by atoms with Gasteiger partial charge in [0.15, 0.2) is 0 Å². The molecular weight excluding hydrogens is 305 g/mol. The number of alkyl halides is 7. The van der Waals surface area contributed by atoms with Gasteiger partial charge < -0.3 is 4.74 Å². The van der Waals surface area contributed by atoms with E-state index >= 15 is 0 Å². The van der Waals surface area contributed by atoms with E-state index < -0.39 is 30.0 Å². The van der Waals surface area contributed by atoms with Crippen molar-refractivity contribution >= 4 is 0 Å². The van der Waals surface area contributed by atoms with E-state index in [0.29, 0.717) is 0 Å². The molecule has 0 N–H and O–H groups in total. The molecule has 1 aromatic rings. The van der Waals surface area contributed by atoms with E-state index in [4.69, 9.17) is 4.74 Å². The lowest BCUT2D eigenvalue weighted by atomic mass is 9.83. The standard InChI is InChI=1S/C13H13F7O/c1-10(21-2,9-6-4-3-5-7-9)8-11(14,12(15,16)17)13(18,19)20/h3-7H,8H2,1-2H3. The summed E-state index contributed by atoms with van der Waals surface area (Å²) < 4.78 is 94.4. The van der Waals surface area contributed by atoms with Gasteiger partial charge in [0.1, 0.15) is 0 Å². The van der Waals surface area contributed by atoms with Crippen LogP contribution < -0.4 is 0 Å². The van der Waals surface area contributed by atoms with Crippen LogP contribution in [0, 0.1) is 0 Å². The third-order valence-corrected chi connectivity index (χ3v) is 3.31. The SMILES string of the molecule is COC(C)(CC(F)(C(F)(F)F)C(F)(F)F)c1ccccc1. The Hall–Kier alpha value is -1.31. The third-order valence-electron chi connectivity index (χ3n) is 3.31. The second-order valence-corrected chi connectivity index (χ2v) is 4.77. The van der Waals surface area contributed by atoms with Gasteiger partial charge in [-0.25, -0.2) is 4.39 Å². The molecule has 0 amide bonds. The minimum absolute atomic E-state index is 0.0167. The molecule has 0 saturated heterocycles. The number of hydrogen-bond acceptors (Lipinski definition) is 1. The van der Waals surface area contributed by atoms with Gasteiger partial charge in [-0.1, -0.05) is 30.3 Å². The first-order valence-electron chi connectivity index (χ1n) is 5.80. The van der Waals surface area contributed by atoms with Gasteiger partial charge in [-0.05, 0) is 12.5 Å². The van der Waals surface area contributed by atoms with Crippen molar-refractivity contribution in [3.8, 4) is 0 Å². The highest BCUT2D eigenvalue weighted by Gasteiger charge is 2.73. The van der Waals surface area contributed by atoms with Crippen molar-refractivity contribution in [2.45, 2.75) is 37.0 Å². The van der Waals surface area contributed by atoms with Crippen LogP contribution in [0.25, 0.3) is 0 Å². The molecule has 1 aromatic carbocycles. The number of hydrogen-bond donors (Lipinski definition) is 0. The first kappa shape index (κ1) is 17.7. The van der Waals surface area contributed by atoms with Crippen molar-refractivity contribution in [3.05, 3.63) is 35.9 Å². The van der Waals surface area contributed by atoms with Gasteiger partial charge in [0.05, 0.1) is 5.60 Å². The van der Waals surface area contributed by atoms with Gasteiger partial charge in [-0.15, -0.1) is 0 Å². The number of halogens is 7. The Labute approximate surface area is 116 Å². The summed E-state index contributed by atoms with van der Waals surface area (Å²) in [4.78, 5) is 0. The first-order chi connectivity index (χ1) is 9.37. The van der Waals surface area contributed by atoms with Crippen LogP contribution in [-0.4, -0.2) is 25.1 Å². The van der Waals surface area contributed by atoms with Crippen LogP contribution in [-0.2, 0) is 10.3 Å². The highest BCUT2D eigenvalue weighted by Crippen LogP contribution is 2.52. The summed E-state index contributed by atoms with van der Waals surface area (Å²) in [5.41, 5.74) is -7.43. The normalized spacial score (nSPS) is 16.6. The summed E-state index contributed by atoms with van der Waals surface area (Å²) in [5, 5.41) is 0. The van der Waals surface area contributed by atoms with Crippen LogP contribution in [0.3, 0.4) is 0 Å². The van der Waals surface area contributed by atoms with Gasteiger partial charge in [0, 0.05) is 13.5 Å². The molecule has 0 aliphatic rings. The summed E-state index contributed by atoms with van der Waals surface area (Å²) >= 11 is 0. The Morgan fingerprint density at radius 3 is 1.62 bits per heavy atom. The molecule has 0 saturated carbocycles. The van der Waals surface area contributed by atoms with Gasteiger partial charge in [0.2, 0.25) is 0 Å². The Morgan fingerprint density at radius 1 is 0.857 bits per heavy atom. The van der Waals surface area contributed by atoms with Crippen LogP contribution in [0.5, 0.6) is 0 Å². The Kier molecular flexibility index (Phi) is 4.62. The van der Waals surface area contributed by atoms with E-state index in [1.807, 2.05) is 0 Å². The molecule has 1 nitrogen and oxygen atoms in total. The maximum absolute atomic E-state index is 13.8. The molecule has 0 aromatic heterocycles. The first-order valence-corrected chi connectivity index (χ1v) is 5.80. The summed E-state index contributed by atoms with van der Waals surface area (Å²) in [5.74, 6) is 0. The van der Waals surface area contributed by atoms with Crippen LogP contribution in [0.4, 0.5) is 30.7 Å². The monoisotopic (exact) mass is 318 g/mol. The number of ether oxygens (including phenoxy) is 1. The third kappa shape index (κ3) is 3.30. The average Bonchev–Trinajstić information content (AvgIpc) is 2.37. The molecule has 1 rings (SSSR count). The van der Waals surface area contributed by atoms with E-state index in [1.54, 1.807) is 0 Å². The smallest absolute Gasteiger partial charge is 0.374 e. The van der Waals surface area contributed by atoms with Crippen molar-refractivity contribution in [1.29, 1.82) is 0 Å². The highest BCUT2D eigenvalue weighted by atomic mass is 19.4. The van der Waals surface area contributed by atoms with E-state index in [-0.39, 0.29) is 5.56 Å². The molecule has 1 unspecified atom stereocenters. The van der Waals surface area contributed by atoms with Crippen molar-refractivity contribution in [2.75, 3.05) is 7.11 Å². The summed E-state index contributed by atoms with van der Waals surface area (Å²) in [6, 6.07) is 6.89. The van der Waals surface area contributed by atoms with Crippen molar-refractivity contribution in [1.82, 2.24) is 0 Å². The van der Waals surface area contributed by atoms with Crippen LogP contribution in [0.1, 0.15) is 18.9 Å². The fourth-order valence-corrected chi connectivity index (χ4v) is 1.91. The van der Waals surface area contributed by atoms with Gasteiger partial charge in [-0.2, -0.15) is 26.3 Å². The zero-order valence-electron chi connectivity index (χ0n) is 11.1. The molecule has 0 bridgehead atoms. The Balaban J connectivity index is 3.30. The number of rotatable bonds is 4. The van der Waals surface area contributed by atoms with Gasteiger partial charge in [0.25, 0.3) is 0 Å². The molecule has 1 atom stereocenters. The maximum atomic E-state index is 13.8. The predicted molar refractivity (Wildman–Crippen MR) is 61.4 cm³/mol. The Bertz CT molecular complexity index is 452. The van der Waals surface area contributed by atoms with Crippen molar-refractivity contribution < 1.29 is 35.5 Å². The molecule has 0 aliphatic heterocycles. The van der Waals surface area contributed by atoms with E-state index in [1.165, 1.54) is 30.3 Å². The molecule has 0 radical (unpaired) electrons. The molecular formula is C13H13F7O. The zero-order valence-corrected chi connectivity index (χ0v) is 11.1. The van der Waals surface area contributed by atoms with E-state index in [9.17, 15) is 30.7 Å². The lowest BCUT2D eigenvalue weighted by Gasteiger charge is -2.38. The molecule has 0 fully saturated rings. The largest absolute Gasteiger partial charge is 0.431 e. The number of methoxy groups -OCH3 is 1. The van der Waals surface area contributed by atoms with Gasteiger partial charge in [-0.3, -0.25) is 0 Å². The predicted octanol–water partition coefficient (Wildman–Crippen LogP) is 4.77. The fourth-order valence-electron chi connectivity index (χ4n) is 1.91. The molecule has 120 valence electrons. The quantitative estimate of drug-likeness (QED) is 0.727. The summed E-state index contributed by atoms with van der Waals surface area (Å²) in [7, 11) is 0.931. The zero-order chi connectivity index (χ0) is 16.5. The second kappa shape index (κ2) is 5.47. The molecule has 8 heteroatoms. The van der Waals surface area contributed by atoms with Crippen LogP contribution in [0.15, 0.2) is 30.3 Å². The minimum Gasteiger partial charge on any atom is -0.374 e. The van der Waals surface area contributed by atoms with E-state index in [2.05, 4.69) is 0 Å². The maximum Gasteiger partial charge on any atom is 0.431 e. The summed E-state index contributed by atoms with van der Waals surface area (Å²) in [6.45, 7) is 0.980. The minimum atomic E-state index is -6.10. The molecule has 0 heterocycles. The molecule has 0 aliphatic carbocycles. The lowest BCUT2D eigenvalue weighted by molar-refractivity contribution is -0.353. The van der Waals surface area contributed by atoms with Crippen LogP contribution in [0.2, 0.25) is 0 Å². The number of benzene rings is 1. The average molecular weight is 318 g/mol.